The second-order valence-electron chi connectivity index (χ2n) is 5.10. The average molecular weight is 388 g/mol. The Morgan fingerprint density at radius 1 is 0.958 bits per heavy atom. The molecule has 24 heavy (non-hydrogen) atoms. The molecule has 0 spiro atoms. The van der Waals surface area contributed by atoms with Crippen molar-refractivity contribution in [2.45, 2.75) is 23.0 Å². The fourth-order valence-electron chi connectivity index (χ4n) is 2.00. The molecule has 4 nitrogen and oxygen atoms in total. The summed E-state index contributed by atoms with van der Waals surface area (Å²) in [6.07, 6.45) is -1.15. The Kier molecular flexibility index (Phi) is 6.60. The van der Waals surface area contributed by atoms with Gasteiger partial charge in [-0.2, -0.15) is 0 Å². The lowest BCUT2D eigenvalue weighted by Gasteiger charge is -2.27. The maximum absolute atomic E-state index is 12.2. The summed E-state index contributed by atoms with van der Waals surface area (Å²) in [5.74, 6) is 0.477. The molecule has 0 saturated heterocycles. The zero-order valence-electron chi connectivity index (χ0n) is 12.9. The number of hydrogen-bond acceptors (Lipinski definition) is 2. The van der Waals surface area contributed by atoms with Gasteiger partial charge in [-0.1, -0.05) is 83.3 Å². The fraction of sp³-hybridized carbons (Fsp3) is 0.235. The molecule has 0 heterocycles. The second kappa shape index (κ2) is 8.47. The number of benzene rings is 2. The maximum Gasteiger partial charge on any atom is 0.318 e. The standard InChI is InChI=1S/C17H17Cl3N2O2/c1-12(13-8-4-2-5-9-13)21-16(23)22-15(17(18,19)20)24-14-10-6-3-7-11-14/h2-12,15H,1H3,(H2,21,22,23)/t12-,15-/m0/s1. The topological polar surface area (TPSA) is 50.4 Å². The molecule has 0 aliphatic heterocycles. The van der Waals surface area contributed by atoms with Crippen molar-refractivity contribution in [1.82, 2.24) is 10.6 Å². The third-order valence-corrected chi connectivity index (χ3v) is 3.80. The second-order valence-corrected chi connectivity index (χ2v) is 7.47. The van der Waals surface area contributed by atoms with Gasteiger partial charge in [0, 0.05) is 0 Å². The van der Waals surface area contributed by atoms with E-state index in [9.17, 15) is 4.79 Å². The third-order valence-electron chi connectivity index (χ3n) is 3.20. The minimum atomic E-state index is -1.83. The number of ether oxygens (including phenoxy) is 1. The summed E-state index contributed by atoms with van der Waals surface area (Å²) in [6.45, 7) is 1.86. The van der Waals surface area contributed by atoms with Crippen LogP contribution in [0.25, 0.3) is 0 Å². The molecule has 0 bridgehead atoms. The van der Waals surface area contributed by atoms with Crippen molar-refractivity contribution in [1.29, 1.82) is 0 Å². The van der Waals surface area contributed by atoms with Gasteiger partial charge in [0.15, 0.2) is 0 Å². The van der Waals surface area contributed by atoms with Crippen LogP contribution in [0.1, 0.15) is 18.5 Å². The number of carbonyl (C=O) groups is 1. The largest absolute Gasteiger partial charge is 0.466 e. The number of amides is 2. The molecule has 2 N–H and O–H groups in total. The molecule has 0 saturated carbocycles. The summed E-state index contributed by atoms with van der Waals surface area (Å²) < 4.78 is 3.74. The van der Waals surface area contributed by atoms with Crippen molar-refractivity contribution in [2.75, 3.05) is 0 Å². The zero-order valence-corrected chi connectivity index (χ0v) is 15.1. The lowest BCUT2D eigenvalue weighted by molar-refractivity contribution is 0.164. The van der Waals surface area contributed by atoms with Gasteiger partial charge in [0.1, 0.15) is 5.75 Å². The van der Waals surface area contributed by atoms with E-state index in [4.69, 9.17) is 39.5 Å². The highest BCUT2D eigenvalue weighted by Crippen LogP contribution is 2.31. The molecule has 2 amide bonds. The van der Waals surface area contributed by atoms with Crippen LogP contribution in [-0.4, -0.2) is 16.1 Å². The van der Waals surface area contributed by atoms with Gasteiger partial charge in [0.2, 0.25) is 10.0 Å². The van der Waals surface area contributed by atoms with E-state index in [1.807, 2.05) is 43.3 Å². The van der Waals surface area contributed by atoms with Gasteiger partial charge in [-0.05, 0) is 24.6 Å². The molecule has 2 atom stereocenters. The molecule has 128 valence electrons. The summed E-state index contributed by atoms with van der Waals surface area (Å²) in [4.78, 5) is 12.2. The highest BCUT2D eigenvalue weighted by Gasteiger charge is 2.36. The Hall–Kier alpha value is -1.62. The van der Waals surface area contributed by atoms with Crippen molar-refractivity contribution in [3.63, 3.8) is 0 Å². The number of rotatable bonds is 5. The lowest BCUT2D eigenvalue weighted by Crippen LogP contribution is -2.51. The SMILES string of the molecule is C[C@H](NC(=O)N[C@@H](Oc1ccccc1)C(Cl)(Cl)Cl)c1ccccc1. The van der Waals surface area contributed by atoms with Gasteiger partial charge in [0.25, 0.3) is 0 Å². The minimum Gasteiger partial charge on any atom is -0.466 e. The lowest BCUT2D eigenvalue weighted by atomic mass is 10.1. The number of carbonyl (C=O) groups excluding carboxylic acids is 1. The molecule has 2 aromatic carbocycles. The van der Waals surface area contributed by atoms with Crippen LogP contribution in [0.5, 0.6) is 5.75 Å². The van der Waals surface area contributed by atoms with Crippen LogP contribution in [0.3, 0.4) is 0 Å². The molecular weight excluding hydrogens is 371 g/mol. The molecule has 2 rings (SSSR count). The molecular formula is C17H17Cl3N2O2. The number of alkyl halides is 3. The van der Waals surface area contributed by atoms with Gasteiger partial charge in [-0.3, -0.25) is 5.32 Å². The average Bonchev–Trinajstić information content (AvgIpc) is 2.55. The number of urea groups is 1. The molecule has 0 aliphatic rings. The highest BCUT2D eigenvalue weighted by molar-refractivity contribution is 6.68. The molecule has 0 unspecified atom stereocenters. The van der Waals surface area contributed by atoms with Gasteiger partial charge < -0.3 is 10.1 Å². The Labute approximate surface area is 156 Å². The summed E-state index contributed by atoms with van der Waals surface area (Å²) in [7, 11) is 0. The van der Waals surface area contributed by atoms with E-state index in [1.165, 1.54) is 0 Å². The van der Waals surface area contributed by atoms with Crippen LogP contribution >= 0.6 is 34.8 Å². The van der Waals surface area contributed by atoms with E-state index in [2.05, 4.69) is 10.6 Å². The van der Waals surface area contributed by atoms with Gasteiger partial charge in [0.05, 0.1) is 6.04 Å². The van der Waals surface area contributed by atoms with Crippen LogP contribution in [0.15, 0.2) is 60.7 Å². The van der Waals surface area contributed by atoms with Crippen molar-refractivity contribution in [3.8, 4) is 5.75 Å². The predicted molar refractivity (Wildman–Crippen MR) is 97.7 cm³/mol. The first-order chi connectivity index (χ1) is 11.4. The Morgan fingerprint density at radius 3 is 2.04 bits per heavy atom. The monoisotopic (exact) mass is 386 g/mol. The van der Waals surface area contributed by atoms with Gasteiger partial charge in [-0.15, -0.1) is 0 Å². The quantitative estimate of drug-likeness (QED) is 0.571. The molecule has 0 fully saturated rings. The van der Waals surface area contributed by atoms with Crippen LogP contribution in [0, 0.1) is 0 Å². The predicted octanol–water partition coefficient (Wildman–Crippen LogP) is 4.82. The normalized spacial score (nSPS) is 13.7. The van der Waals surface area contributed by atoms with E-state index in [1.54, 1.807) is 24.3 Å². The Balaban J connectivity index is 2.00. The maximum atomic E-state index is 12.2. The number of para-hydroxylation sites is 1. The van der Waals surface area contributed by atoms with E-state index in [0.717, 1.165) is 5.56 Å². The van der Waals surface area contributed by atoms with Crippen LogP contribution in [0.2, 0.25) is 0 Å². The Bertz CT molecular complexity index is 648. The first kappa shape index (κ1) is 18.7. The number of halogens is 3. The summed E-state index contributed by atoms with van der Waals surface area (Å²) >= 11 is 17.7. The van der Waals surface area contributed by atoms with E-state index in [-0.39, 0.29) is 6.04 Å². The van der Waals surface area contributed by atoms with E-state index < -0.39 is 16.1 Å². The Morgan fingerprint density at radius 2 is 1.50 bits per heavy atom. The van der Waals surface area contributed by atoms with Crippen molar-refractivity contribution < 1.29 is 9.53 Å². The zero-order chi connectivity index (χ0) is 17.6. The number of hydrogen-bond donors (Lipinski definition) is 2. The van der Waals surface area contributed by atoms with E-state index in [0.29, 0.717) is 5.75 Å². The van der Waals surface area contributed by atoms with Crippen LogP contribution in [0.4, 0.5) is 4.79 Å². The van der Waals surface area contributed by atoms with Crippen LogP contribution < -0.4 is 15.4 Å². The first-order valence-electron chi connectivity index (χ1n) is 7.26. The minimum absolute atomic E-state index is 0.209. The van der Waals surface area contributed by atoms with Crippen molar-refractivity contribution in [3.05, 3.63) is 66.2 Å². The summed E-state index contributed by atoms with van der Waals surface area (Å²) in [5, 5.41) is 5.32. The summed E-state index contributed by atoms with van der Waals surface area (Å²) in [6, 6.07) is 17.6. The molecule has 0 aliphatic carbocycles. The van der Waals surface area contributed by atoms with Crippen LogP contribution in [-0.2, 0) is 0 Å². The molecule has 0 aromatic heterocycles. The first-order valence-corrected chi connectivity index (χ1v) is 8.40. The molecule has 7 heteroatoms. The molecule has 0 radical (unpaired) electrons. The van der Waals surface area contributed by atoms with Gasteiger partial charge >= 0.3 is 6.03 Å². The third kappa shape index (κ3) is 5.78. The smallest absolute Gasteiger partial charge is 0.318 e. The molecule has 2 aromatic rings. The van der Waals surface area contributed by atoms with E-state index >= 15 is 0 Å². The van der Waals surface area contributed by atoms with Gasteiger partial charge in [-0.25, -0.2) is 4.79 Å². The fourth-order valence-corrected chi connectivity index (χ4v) is 2.29. The summed E-state index contributed by atoms with van der Waals surface area (Å²) in [5.41, 5.74) is 0.960. The van der Waals surface area contributed by atoms with Crippen molar-refractivity contribution in [2.24, 2.45) is 0 Å². The van der Waals surface area contributed by atoms with Crippen molar-refractivity contribution >= 4 is 40.8 Å². The number of nitrogens with one attached hydrogen (secondary N) is 2. The highest BCUT2D eigenvalue weighted by atomic mass is 35.6.